The Hall–Kier alpha value is -1.72. The average molecular weight is 259 g/mol. The van der Waals surface area contributed by atoms with E-state index in [1.54, 1.807) is 0 Å². The highest BCUT2D eigenvalue weighted by molar-refractivity contribution is 5.82. The Balaban J connectivity index is 1.62. The zero-order valence-corrected chi connectivity index (χ0v) is 10.7. The minimum atomic E-state index is 0.238. The number of aromatic nitrogens is 2. The van der Waals surface area contributed by atoms with Gasteiger partial charge >= 0.3 is 0 Å². The molecule has 1 aliphatic rings. The highest BCUT2D eigenvalue weighted by Gasteiger charge is 2.13. The molecule has 0 bridgehead atoms. The van der Waals surface area contributed by atoms with Crippen molar-refractivity contribution in [2.24, 2.45) is 0 Å². The minimum absolute atomic E-state index is 0.238. The van der Waals surface area contributed by atoms with Gasteiger partial charge in [-0.25, -0.2) is 9.97 Å². The summed E-state index contributed by atoms with van der Waals surface area (Å²) in [5, 5.41) is 4.26. The van der Waals surface area contributed by atoms with Crippen molar-refractivity contribution in [3.63, 3.8) is 0 Å². The predicted octanol–water partition coefficient (Wildman–Crippen LogP) is 1.39. The van der Waals surface area contributed by atoms with Gasteiger partial charge in [-0.2, -0.15) is 0 Å². The van der Waals surface area contributed by atoms with Gasteiger partial charge in [0.15, 0.2) is 0 Å². The lowest BCUT2D eigenvalue weighted by Gasteiger charge is -2.23. The summed E-state index contributed by atoms with van der Waals surface area (Å²) in [6, 6.07) is 7.86. The molecule has 1 saturated heterocycles. The predicted molar refractivity (Wildman–Crippen MR) is 72.3 cm³/mol. The van der Waals surface area contributed by atoms with E-state index in [0.29, 0.717) is 12.5 Å². The van der Waals surface area contributed by atoms with E-state index in [9.17, 15) is 0 Å². The van der Waals surface area contributed by atoms with E-state index in [4.69, 9.17) is 9.47 Å². The van der Waals surface area contributed by atoms with Gasteiger partial charge in [-0.15, -0.1) is 0 Å². The molecule has 0 amide bonds. The molecule has 0 radical (unpaired) electrons. The highest BCUT2D eigenvalue weighted by Crippen LogP contribution is 2.20. The quantitative estimate of drug-likeness (QED) is 0.899. The number of fused-ring (bicyclic) bond motifs is 1. The standard InChI is InChI=1S/C14H17N3O2/c1-2-4-13-12(3-1)14(17-10-16-13)19-7-5-11-9-15-6-8-18-11/h1-4,10-11,15H,5-9H2. The monoisotopic (exact) mass is 259 g/mol. The third kappa shape index (κ3) is 3.00. The first-order valence-corrected chi connectivity index (χ1v) is 6.58. The highest BCUT2D eigenvalue weighted by atomic mass is 16.5. The van der Waals surface area contributed by atoms with Crippen LogP contribution in [0.4, 0.5) is 0 Å². The van der Waals surface area contributed by atoms with Gasteiger partial charge in [0, 0.05) is 19.5 Å². The third-order valence-corrected chi connectivity index (χ3v) is 3.19. The van der Waals surface area contributed by atoms with Crippen LogP contribution in [0.3, 0.4) is 0 Å². The molecular formula is C14H17N3O2. The van der Waals surface area contributed by atoms with Gasteiger partial charge in [0.1, 0.15) is 6.33 Å². The molecule has 3 rings (SSSR count). The first-order chi connectivity index (χ1) is 9.43. The smallest absolute Gasteiger partial charge is 0.224 e. The zero-order valence-electron chi connectivity index (χ0n) is 10.7. The summed E-state index contributed by atoms with van der Waals surface area (Å²) < 4.78 is 11.4. The van der Waals surface area contributed by atoms with Crippen LogP contribution in [-0.2, 0) is 4.74 Å². The Bertz CT molecular complexity index is 536. The van der Waals surface area contributed by atoms with E-state index in [1.165, 1.54) is 6.33 Å². The van der Waals surface area contributed by atoms with E-state index < -0.39 is 0 Å². The molecule has 1 fully saturated rings. The Morgan fingerprint density at radius 3 is 3.16 bits per heavy atom. The number of nitrogens with one attached hydrogen (secondary N) is 1. The molecular weight excluding hydrogens is 242 g/mol. The number of nitrogens with zero attached hydrogens (tertiary/aromatic N) is 2. The number of hydrogen-bond donors (Lipinski definition) is 1. The van der Waals surface area contributed by atoms with Crippen LogP contribution in [0.25, 0.3) is 10.9 Å². The SMILES string of the molecule is c1ccc2c(OCCC3CNCCO3)ncnc2c1. The fourth-order valence-corrected chi connectivity index (χ4v) is 2.19. The lowest BCUT2D eigenvalue weighted by atomic mass is 10.2. The number of hydrogen-bond acceptors (Lipinski definition) is 5. The molecule has 1 aromatic heterocycles. The first kappa shape index (κ1) is 12.3. The second-order valence-corrected chi connectivity index (χ2v) is 4.53. The van der Waals surface area contributed by atoms with E-state index in [2.05, 4.69) is 15.3 Å². The molecule has 2 heterocycles. The Kier molecular flexibility index (Phi) is 3.86. The molecule has 5 heteroatoms. The number of benzene rings is 1. The fourth-order valence-electron chi connectivity index (χ4n) is 2.19. The van der Waals surface area contributed by atoms with Crippen molar-refractivity contribution in [1.29, 1.82) is 0 Å². The summed E-state index contributed by atoms with van der Waals surface area (Å²) in [4.78, 5) is 8.41. The van der Waals surface area contributed by atoms with Crippen LogP contribution in [0.15, 0.2) is 30.6 Å². The van der Waals surface area contributed by atoms with E-state index in [1.807, 2.05) is 24.3 Å². The van der Waals surface area contributed by atoms with E-state index >= 15 is 0 Å². The second kappa shape index (κ2) is 5.95. The van der Waals surface area contributed by atoms with Crippen LogP contribution in [0.5, 0.6) is 5.88 Å². The summed E-state index contributed by atoms with van der Waals surface area (Å²) in [7, 11) is 0. The van der Waals surface area contributed by atoms with Crippen LogP contribution in [-0.4, -0.2) is 42.4 Å². The normalized spacial score (nSPS) is 19.5. The van der Waals surface area contributed by atoms with Crippen LogP contribution in [0, 0.1) is 0 Å². The maximum absolute atomic E-state index is 5.76. The Labute approximate surface area is 112 Å². The van der Waals surface area contributed by atoms with Gasteiger partial charge in [0.05, 0.1) is 30.2 Å². The topological polar surface area (TPSA) is 56.3 Å². The molecule has 0 aliphatic carbocycles. The molecule has 0 spiro atoms. The zero-order chi connectivity index (χ0) is 12.9. The van der Waals surface area contributed by atoms with E-state index in [0.717, 1.165) is 37.0 Å². The lowest BCUT2D eigenvalue weighted by Crippen LogP contribution is -2.39. The molecule has 0 saturated carbocycles. The lowest BCUT2D eigenvalue weighted by molar-refractivity contribution is 0.0157. The maximum Gasteiger partial charge on any atom is 0.224 e. The van der Waals surface area contributed by atoms with Gasteiger partial charge in [-0.1, -0.05) is 12.1 Å². The summed E-state index contributed by atoms with van der Waals surface area (Å²) in [6.07, 6.45) is 2.64. The third-order valence-electron chi connectivity index (χ3n) is 3.19. The van der Waals surface area contributed by atoms with Crippen molar-refractivity contribution in [2.45, 2.75) is 12.5 Å². The first-order valence-electron chi connectivity index (χ1n) is 6.58. The van der Waals surface area contributed by atoms with Crippen LogP contribution < -0.4 is 10.1 Å². The molecule has 1 N–H and O–H groups in total. The van der Waals surface area contributed by atoms with Gasteiger partial charge in [0.25, 0.3) is 0 Å². The molecule has 5 nitrogen and oxygen atoms in total. The van der Waals surface area contributed by atoms with Crippen LogP contribution in [0.1, 0.15) is 6.42 Å². The fraction of sp³-hybridized carbons (Fsp3) is 0.429. The van der Waals surface area contributed by atoms with Crippen molar-refractivity contribution in [1.82, 2.24) is 15.3 Å². The summed E-state index contributed by atoms with van der Waals surface area (Å²) in [5.41, 5.74) is 0.906. The molecule has 1 aliphatic heterocycles. The van der Waals surface area contributed by atoms with Gasteiger partial charge in [-0.05, 0) is 12.1 Å². The minimum Gasteiger partial charge on any atom is -0.477 e. The van der Waals surface area contributed by atoms with Crippen molar-refractivity contribution in [3.8, 4) is 5.88 Å². The Morgan fingerprint density at radius 1 is 1.32 bits per heavy atom. The molecule has 100 valence electrons. The molecule has 1 atom stereocenters. The van der Waals surface area contributed by atoms with Crippen molar-refractivity contribution in [3.05, 3.63) is 30.6 Å². The number of ether oxygens (including phenoxy) is 2. The van der Waals surface area contributed by atoms with Crippen LogP contribution >= 0.6 is 0 Å². The largest absolute Gasteiger partial charge is 0.477 e. The van der Waals surface area contributed by atoms with Crippen molar-refractivity contribution >= 4 is 10.9 Å². The van der Waals surface area contributed by atoms with Gasteiger partial charge in [-0.3, -0.25) is 0 Å². The summed E-state index contributed by atoms with van der Waals surface area (Å²) in [5.74, 6) is 0.648. The number of rotatable bonds is 4. The van der Waals surface area contributed by atoms with Gasteiger partial charge in [0.2, 0.25) is 5.88 Å². The molecule has 1 unspecified atom stereocenters. The second-order valence-electron chi connectivity index (χ2n) is 4.53. The van der Waals surface area contributed by atoms with Crippen LogP contribution in [0.2, 0.25) is 0 Å². The molecule has 2 aromatic rings. The van der Waals surface area contributed by atoms with E-state index in [-0.39, 0.29) is 6.10 Å². The van der Waals surface area contributed by atoms with Crippen molar-refractivity contribution < 1.29 is 9.47 Å². The number of morpholine rings is 1. The summed E-state index contributed by atoms with van der Waals surface area (Å²) in [6.45, 7) is 3.22. The Morgan fingerprint density at radius 2 is 2.26 bits per heavy atom. The maximum atomic E-state index is 5.76. The summed E-state index contributed by atoms with van der Waals surface area (Å²) >= 11 is 0. The van der Waals surface area contributed by atoms with Gasteiger partial charge < -0.3 is 14.8 Å². The number of para-hydroxylation sites is 1. The molecule has 1 aromatic carbocycles. The van der Waals surface area contributed by atoms with Crippen molar-refractivity contribution in [2.75, 3.05) is 26.3 Å². The molecule has 19 heavy (non-hydrogen) atoms. The average Bonchev–Trinajstić information content (AvgIpc) is 2.49.